The van der Waals surface area contributed by atoms with E-state index >= 15 is 0 Å². The smallest absolute Gasteiger partial charge is 0.265 e. The van der Waals surface area contributed by atoms with Crippen LogP contribution in [-0.4, -0.2) is 26.8 Å². The average molecular weight is 375 g/mol. The predicted molar refractivity (Wildman–Crippen MR) is 94.6 cm³/mol. The standard InChI is InChI=1S/C17H12Cl2N4O2/c18-11-2-4-15-10(5-11)6-16(25-15)17(24)22-13-7-12(19)1-3-14(13)23-9-20-8-21-23/h1-5,7-9,16H,6H2,(H,22,24). The van der Waals surface area contributed by atoms with Gasteiger partial charge in [0.2, 0.25) is 0 Å². The molecule has 1 aliphatic heterocycles. The summed E-state index contributed by atoms with van der Waals surface area (Å²) in [5.74, 6) is 0.406. The Morgan fingerprint density at radius 1 is 1.20 bits per heavy atom. The predicted octanol–water partition coefficient (Wildman–Crippen LogP) is 3.52. The molecule has 3 aromatic rings. The normalized spacial score (nSPS) is 15.5. The van der Waals surface area contributed by atoms with Crippen LogP contribution in [0.3, 0.4) is 0 Å². The minimum Gasteiger partial charge on any atom is -0.480 e. The van der Waals surface area contributed by atoms with E-state index in [1.54, 1.807) is 41.3 Å². The summed E-state index contributed by atoms with van der Waals surface area (Å²) >= 11 is 12.1. The van der Waals surface area contributed by atoms with E-state index in [2.05, 4.69) is 15.4 Å². The maximum Gasteiger partial charge on any atom is 0.265 e. The zero-order chi connectivity index (χ0) is 17.4. The van der Waals surface area contributed by atoms with Gasteiger partial charge in [-0.3, -0.25) is 4.79 Å². The van der Waals surface area contributed by atoms with Crippen LogP contribution in [0.2, 0.25) is 10.0 Å². The van der Waals surface area contributed by atoms with E-state index in [0.29, 0.717) is 33.6 Å². The summed E-state index contributed by atoms with van der Waals surface area (Å²) in [6.45, 7) is 0. The second-order valence-corrected chi connectivity index (χ2v) is 6.43. The fourth-order valence-corrected chi connectivity index (χ4v) is 3.08. The van der Waals surface area contributed by atoms with Crippen molar-refractivity contribution in [1.82, 2.24) is 14.8 Å². The Balaban J connectivity index is 1.57. The summed E-state index contributed by atoms with van der Waals surface area (Å²) in [6, 6.07) is 10.5. The van der Waals surface area contributed by atoms with Crippen LogP contribution in [0.4, 0.5) is 5.69 Å². The molecule has 1 unspecified atom stereocenters. The molecule has 0 saturated carbocycles. The molecule has 25 heavy (non-hydrogen) atoms. The van der Waals surface area contributed by atoms with E-state index < -0.39 is 6.10 Å². The number of hydrogen-bond donors (Lipinski definition) is 1. The number of hydrogen-bond acceptors (Lipinski definition) is 4. The highest BCUT2D eigenvalue weighted by atomic mass is 35.5. The van der Waals surface area contributed by atoms with Gasteiger partial charge in [0.05, 0.1) is 11.4 Å². The van der Waals surface area contributed by atoms with Crippen molar-refractivity contribution >= 4 is 34.8 Å². The van der Waals surface area contributed by atoms with Crippen molar-refractivity contribution in [3.05, 3.63) is 64.7 Å². The minimum atomic E-state index is -0.629. The number of ether oxygens (including phenoxy) is 1. The molecule has 0 fully saturated rings. The molecule has 0 aliphatic carbocycles. The third kappa shape index (κ3) is 3.18. The van der Waals surface area contributed by atoms with Gasteiger partial charge in [0.25, 0.3) is 5.91 Å². The zero-order valence-corrected chi connectivity index (χ0v) is 14.3. The summed E-state index contributed by atoms with van der Waals surface area (Å²) in [7, 11) is 0. The van der Waals surface area contributed by atoms with Crippen LogP contribution < -0.4 is 10.1 Å². The fourth-order valence-electron chi connectivity index (χ4n) is 2.72. The van der Waals surface area contributed by atoms with Crippen LogP contribution in [0.1, 0.15) is 5.56 Å². The number of carbonyl (C=O) groups excluding carboxylic acids is 1. The van der Waals surface area contributed by atoms with Gasteiger partial charge in [-0.25, -0.2) is 9.67 Å². The zero-order valence-electron chi connectivity index (χ0n) is 12.8. The number of carbonyl (C=O) groups is 1. The second-order valence-electron chi connectivity index (χ2n) is 5.55. The van der Waals surface area contributed by atoms with E-state index in [4.69, 9.17) is 27.9 Å². The van der Waals surface area contributed by atoms with Crippen molar-refractivity contribution in [2.45, 2.75) is 12.5 Å². The Morgan fingerprint density at radius 2 is 2.00 bits per heavy atom. The molecule has 8 heteroatoms. The number of rotatable bonds is 3. The number of nitrogens with one attached hydrogen (secondary N) is 1. The lowest BCUT2D eigenvalue weighted by Gasteiger charge is -2.14. The van der Waals surface area contributed by atoms with Gasteiger partial charge in [0, 0.05) is 16.5 Å². The third-order valence-corrected chi connectivity index (χ3v) is 4.34. The van der Waals surface area contributed by atoms with Gasteiger partial charge in [-0.2, -0.15) is 5.10 Å². The summed E-state index contributed by atoms with van der Waals surface area (Å²) in [5.41, 5.74) is 2.10. The second kappa shape index (κ2) is 6.38. The lowest BCUT2D eigenvalue weighted by atomic mass is 10.1. The van der Waals surface area contributed by atoms with Crippen molar-refractivity contribution in [2.24, 2.45) is 0 Å². The fraction of sp³-hybridized carbons (Fsp3) is 0.118. The van der Waals surface area contributed by atoms with Gasteiger partial charge < -0.3 is 10.1 Å². The number of anilines is 1. The van der Waals surface area contributed by atoms with Gasteiger partial charge in [-0.15, -0.1) is 0 Å². The molecule has 0 spiro atoms. The average Bonchev–Trinajstić information content (AvgIpc) is 3.23. The van der Waals surface area contributed by atoms with E-state index in [-0.39, 0.29) is 5.91 Å². The Morgan fingerprint density at radius 3 is 2.80 bits per heavy atom. The van der Waals surface area contributed by atoms with Crippen LogP contribution in [0.25, 0.3) is 5.69 Å². The highest BCUT2D eigenvalue weighted by Crippen LogP contribution is 2.32. The molecule has 1 atom stereocenters. The van der Waals surface area contributed by atoms with Crippen LogP contribution in [0.5, 0.6) is 5.75 Å². The molecule has 4 rings (SSSR count). The number of amides is 1. The molecular formula is C17H12Cl2N4O2. The van der Waals surface area contributed by atoms with E-state index in [1.165, 1.54) is 6.33 Å². The first-order valence-corrected chi connectivity index (χ1v) is 8.26. The van der Waals surface area contributed by atoms with Gasteiger partial charge in [0.15, 0.2) is 6.10 Å². The molecule has 0 saturated heterocycles. The maximum absolute atomic E-state index is 12.6. The van der Waals surface area contributed by atoms with Crippen LogP contribution in [0, 0.1) is 0 Å². The third-order valence-electron chi connectivity index (χ3n) is 3.87. The molecule has 0 radical (unpaired) electrons. The molecule has 2 aromatic carbocycles. The van der Waals surface area contributed by atoms with Crippen molar-refractivity contribution < 1.29 is 9.53 Å². The van der Waals surface area contributed by atoms with E-state index in [0.717, 1.165) is 5.56 Å². The minimum absolute atomic E-state index is 0.268. The summed E-state index contributed by atoms with van der Waals surface area (Å²) in [6.07, 6.45) is 2.79. The number of halogens is 2. The molecule has 0 bridgehead atoms. The van der Waals surface area contributed by atoms with Crippen molar-refractivity contribution in [2.75, 3.05) is 5.32 Å². The van der Waals surface area contributed by atoms with E-state index in [9.17, 15) is 4.79 Å². The molecule has 1 aliphatic rings. The van der Waals surface area contributed by atoms with Gasteiger partial charge in [0.1, 0.15) is 18.4 Å². The Labute approximate surface area is 153 Å². The van der Waals surface area contributed by atoms with Crippen LogP contribution >= 0.6 is 23.2 Å². The highest BCUT2D eigenvalue weighted by molar-refractivity contribution is 6.31. The van der Waals surface area contributed by atoms with Gasteiger partial charge in [-0.1, -0.05) is 23.2 Å². The van der Waals surface area contributed by atoms with Gasteiger partial charge >= 0.3 is 0 Å². The quantitative estimate of drug-likeness (QED) is 0.761. The number of nitrogens with zero attached hydrogens (tertiary/aromatic N) is 3. The number of aromatic nitrogens is 3. The van der Waals surface area contributed by atoms with Crippen molar-refractivity contribution in [3.63, 3.8) is 0 Å². The number of fused-ring (bicyclic) bond motifs is 1. The summed E-state index contributed by atoms with van der Waals surface area (Å²) < 4.78 is 7.27. The van der Waals surface area contributed by atoms with Crippen LogP contribution in [0.15, 0.2) is 49.1 Å². The molecule has 1 aromatic heterocycles. The number of benzene rings is 2. The largest absolute Gasteiger partial charge is 0.480 e. The lowest BCUT2D eigenvalue weighted by Crippen LogP contribution is -2.31. The van der Waals surface area contributed by atoms with Crippen molar-refractivity contribution in [3.8, 4) is 11.4 Å². The van der Waals surface area contributed by atoms with Gasteiger partial charge in [-0.05, 0) is 42.0 Å². The monoisotopic (exact) mass is 374 g/mol. The molecule has 6 nitrogen and oxygen atoms in total. The molecular weight excluding hydrogens is 363 g/mol. The molecule has 126 valence electrons. The Bertz CT molecular complexity index is 944. The van der Waals surface area contributed by atoms with E-state index in [1.807, 2.05) is 6.07 Å². The van der Waals surface area contributed by atoms with Crippen LogP contribution in [-0.2, 0) is 11.2 Å². The maximum atomic E-state index is 12.6. The molecule has 1 amide bonds. The summed E-state index contributed by atoms with van der Waals surface area (Å²) in [4.78, 5) is 16.6. The summed E-state index contributed by atoms with van der Waals surface area (Å²) in [5, 5.41) is 8.07. The first-order valence-electron chi connectivity index (χ1n) is 7.50. The lowest BCUT2D eigenvalue weighted by molar-refractivity contribution is -0.122. The Hall–Kier alpha value is -2.57. The first-order chi connectivity index (χ1) is 12.1. The molecule has 1 N–H and O–H groups in total. The molecule has 2 heterocycles. The van der Waals surface area contributed by atoms with Crippen molar-refractivity contribution in [1.29, 1.82) is 0 Å². The highest BCUT2D eigenvalue weighted by Gasteiger charge is 2.29. The topological polar surface area (TPSA) is 69.0 Å². The first kappa shape index (κ1) is 15.9. The SMILES string of the molecule is O=C(Nc1cc(Cl)ccc1-n1cncn1)C1Cc2cc(Cl)ccc2O1. The Kier molecular flexibility index (Phi) is 4.07.